The summed E-state index contributed by atoms with van der Waals surface area (Å²) in [5.41, 5.74) is 0.113. The van der Waals surface area contributed by atoms with Gasteiger partial charge in [-0.15, -0.1) is 0 Å². The van der Waals surface area contributed by atoms with Crippen LogP contribution in [-0.2, 0) is 9.59 Å². The zero-order valence-electron chi connectivity index (χ0n) is 11.7. The molecule has 1 spiro atoms. The van der Waals surface area contributed by atoms with Gasteiger partial charge in [-0.3, -0.25) is 19.4 Å². The summed E-state index contributed by atoms with van der Waals surface area (Å²) in [6, 6.07) is -0.210. The monoisotopic (exact) mass is 265 g/mol. The smallest absolute Gasteiger partial charge is 0.246 e. The number of amides is 2. The van der Waals surface area contributed by atoms with Crippen LogP contribution in [0.1, 0.15) is 38.5 Å². The molecule has 2 amide bonds. The topological polar surface area (TPSA) is 52.7 Å². The van der Waals surface area contributed by atoms with E-state index in [2.05, 4.69) is 10.2 Å². The highest BCUT2D eigenvalue weighted by atomic mass is 16.2. The van der Waals surface area contributed by atoms with Crippen molar-refractivity contribution in [1.82, 2.24) is 15.1 Å². The highest BCUT2D eigenvalue weighted by Gasteiger charge is 2.49. The first-order chi connectivity index (χ1) is 9.14. The van der Waals surface area contributed by atoms with Crippen LogP contribution in [0.4, 0.5) is 0 Å². The van der Waals surface area contributed by atoms with Crippen LogP contribution in [-0.4, -0.2) is 59.9 Å². The number of piperazine rings is 1. The Bertz CT molecular complexity index is 382. The lowest BCUT2D eigenvalue weighted by Gasteiger charge is -2.51. The summed E-state index contributed by atoms with van der Waals surface area (Å²) in [6.07, 6.45) is 6.46. The minimum absolute atomic E-state index is 0.00292. The number of likely N-dealkylation sites (tertiary alicyclic amines) is 1. The fourth-order valence-electron chi connectivity index (χ4n) is 4.00. The van der Waals surface area contributed by atoms with Gasteiger partial charge in [-0.05, 0) is 12.8 Å². The molecule has 1 N–H and O–H groups in total. The van der Waals surface area contributed by atoms with E-state index in [4.69, 9.17) is 0 Å². The lowest BCUT2D eigenvalue weighted by Crippen LogP contribution is -2.65. The number of nitrogens with zero attached hydrogens (tertiary/aromatic N) is 2. The van der Waals surface area contributed by atoms with Crippen LogP contribution >= 0.6 is 0 Å². The number of likely N-dealkylation sites (N-methyl/N-ethyl adjacent to an activating group) is 1. The zero-order valence-corrected chi connectivity index (χ0v) is 11.7. The molecule has 106 valence electrons. The summed E-state index contributed by atoms with van der Waals surface area (Å²) in [5, 5.41) is 3.48. The van der Waals surface area contributed by atoms with Crippen molar-refractivity contribution in [2.45, 2.75) is 50.1 Å². The molecule has 1 atom stereocenters. The molecule has 2 saturated heterocycles. The summed E-state index contributed by atoms with van der Waals surface area (Å²) in [4.78, 5) is 27.7. The molecule has 0 aromatic carbocycles. The fourth-order valence-corrected chi connectivity index (χ4v) is 4.00. The van der Waals surface area contributed by atoms with Crippen LogP contribution < -0.4 is 5.32 Å². The van der Waals surface area contributed by atoms with Gasteiger partial charge in [0.05, 0.1) is 12.5 Å². The highest BCUT2D eigenvalue weighted by molar-refractivity contribution is 6.05. The van der Waals surface area contributed by atoms with Crippen LogP contribution in [0.2, 0.25) is 0 Å². The molecular formula is C14H23N3O2. The minimum Gasteiger partial charge on any atom is -0.314 e. The molecule has 0 aromatic heterocycles. The SMILES string of the molecule is CN1C(=O)CC(N2CCNCC23CCCCC3)C1=O. The molecular weight excluding hydrogens is 242 g/mol. The molecule has 19 heavy (non-hydrogen) atoms. The number of hydrogen-bond donors (Lipinski definition) is 1. The Hall–Kier alpha value is -0.940. The molecule has 5 heteroatoms. The second kappa shape index (κ2) is 4.87. The Morgan fingerprint density at radius 1 is 1.21 bits per heavy atom. The van der Waals surface area contributed by atoms with Gasteiger partial charge in [0, 0.05) is 32.2 Å². The fraction of sp³-hybridized carbons (Fsp3) is 0.857. The van der Waals surface area contributed by atoms with E-state index in [0.29, 0.717) is 6.42 Å². The molecule has 1 saturated carbocycles. The van der Waals surface area contributed by atoms with Gasteiger partial charge in [0.1, 0.15) is 0 Å². The number of nitrogens with one attached hydrogen (secondary N) is 1. The quantitative estimate of drug-likeness (QED) is 0.695. The van der Waals surface area contributed by atoms with Gasteiger partial charge in [-0.25, -0.2) is 0 Å². The van der Waals surface area contributed by atoms with Gasteiger partial charge in [0.15, 0.2) is 0 Å². The number of carbonyl (C=O) groups is 2. The number of imide groups is 1. The predicted octanol–water partition coefficient (Wildman–Crippen LogP) is 0.352. The third-order valence-electron chi connectivity index (χ3n) is 5.11. The van der Waals surface area contributed by atoms with Crippen molar-refractivity contribution in [3.63, 3.8) is 0 Å². The first kappa shape index (κ1) is 13.1. The van der Waals surface area contributed by atoms with Crippen molar-refractivity contribution < 1.29 is 9.59 Å². The number of hydrogen-bond acceptors (Lipinski definition) is 4. The summed E-state index contributed by atoms with van der Waals surface area (Å²) >= 11 is 0. The first-order valence-corrected chi connectivity index (χ1v) is 7.42. The lowest BCUT2D eigenvalue weighted by atomic mass is 9.78. The summed E-state index contributed by atoms with van der Waals surface area (Å²) in [5.74, 6) is -0.0312. The van der Waals surface area contributed by atoms with E-state index >= 15 is 0 Å². The van der Waals surface area contributed by atoms with Crippen LogP contribution in [0.15, 0.2) is 0 Å². The maximum absolute atomic E-state index is 12.3. The average Bonchev–Trinajstić information content (AvgIpc) is 2.68. The Kier molecular flexibility index (Phi) is 3.35. The number of rotatable bonds is 1. The summed E-state index contributed by atoms with van der Waals surface area (Å²) in [7, 11) is 1.61. The van der Waals surface area contributed by atoms with E-state index in [-0.39, 0.29) is 23.4 Å². The molecule has 3 rings (SSSR count). The molecule has 3 fully saturated rings. The van der Waals surface area contributed by atoms with Crippen LogP contribution in [0.5, 0.6) is 0 Å². The van der Waals surface area contributed by atoms with Gasteiger partial charge in [-0.2, -0.15) is 0 Å². The Balaban J connectivity index is 1.84. The van der Waals surface area contributed by atoms with Gasteiger partial charge in [-0.1, -0.05) is 19.3 Å². The van der Waals surface area contributed by atoms with E-state index in [1.807, 2.05) is 0 Å². The number of carbonyl (C=O) groups excluding carboxylic acids is 2. The molecule has 1 unspecified atom stereocenters. The Labute approximate surface area is 114 Å². The third kappa shape index (κ3) is 2.09. The molecule has 2 heterocycles. The van der Waals surface area contributed by atoms with Crippen molar-refractivity contribution in [3.05, 3.63) is 0 Å². The second-order valence-electron chi connectivity index (χ2n) is 6.17. The summed E-state index contributed by atoms with van der Waals surface area (Å²) in [6.45, 7) is 2.77. The molecule has 3 aliphatic rings. The average molecular weight is 265 g/mol. The molecule has 1 aliphatic carbocycles. The third-order valence-corrected chi connectivity index (χ3v) is 5.11. The highest BCUT2D eigenvalue weighted by Crippen LogP contribution is 2.37. The maximum Gasteiger partial charge on any atom is 0.246 e. The normalized spacial score (nSPS) is 32.3. The molecule has 0 bridgehead atoms. The van der Waals surface area contributed by atoms with Crippen LogP contribution in [0.25, 0.3) is 0 Å². The Morgan fingerprint density at radius 2 is 1.95 bits per heavy atom. The predicted molar refractivity (Wildman–Crippen MR) is 71.6 cm³/mol. The van der Waals surface area contributed by atoms with Crippen LogP contribution in [0.3, 0.4) is 0 Å². The van der Waals surface area contributed by atoms with Crippen molar-refractivity contribution >= 4 is 11.8 Å². The van der Waals surface area contributed by atoms with E-state index in [1.165, 1.54) is 24.2 Å². The minimum atomic E-state index is -0.210. The van der Waals surface area contributed by atoms with Crippen molar-refractivity contribution in [2.75, 3.05) is 26.7 Å². The van der Waals surface area contributed by atoms with Crippen LogP contribution in [0, 0.1) is 0 Å². The van der Waals surface area contributed by atoms with Crippen molar-refractivity contribution in [2.24, 2.45) is 0 Å². The van der Waals surface area contributed by atoms with Gasteiger partial charge in [0.25, 0.3) is 0 Å². The standard InChI is InChI=1S/C14H23N3O2/c1-16-12(18)9-11(13(16)19)17-8-7-15-10-14(17)5-3-2-4-6-14/h11,15H,2-10H2,1H3. The van der Waals surface area contributed by atoms with E-state index in [1.54, 1.807) is 7.05 Å². The largest absolute Gasteiger partial charge is 0.314 e. The first-order valence-electron chi connectivity index (χ1n) is 7.42. The van der Waals surface area contributed by atoms with Crippen molar-refractivity contribution in [3.8, 4) is 0 Å². The molecule has 2 aliphatic heterocycles. The second-order valence-corrected chi connectivity index (χ2v) is 6.17. The van der Waals surface area contributed by atoms with Gasteiger partial charge >= 0.3 is 0 Å². The van der Waals surface area contributed by atoms with E-state index in [0.717, 1.165) is 32.5 Å². The van der Waals surface area contributed by atoms with Gasteiger partial charge < -0.3 is 5.32 Å². The van der Waals surface area contributed by atoms with Crippen molar-refractivity contribution in [1.29, 1.82) is 0 Å². The molecule has 0 radical (unpaired) electrons. The lowest BCUT2D eigenvalue weighted by molar-refractivity contribution is -0.139. The molecule has 0 aromatic rings. The van der Waals surface area contributed by atoms with E-state index < -0.39 is 0 Å². The van der Waals surface area contributed by atoms with Gasteiger partial charge in [0.2, 0.25) is 11.8 Å². The Morgan fingerprint density at radius 3 is 2.58 bits per heavy atom. The molecule has 5 nitrogen and oxygen atoms in total. The zero-order chi connectivity index (χ0) is 13.5. The van der Waals surface area contributed by atoms with E-state index in [9.17, 15) is 9.59 Å². The summed E-state index contributed by atoms with van der Waals surface area (Å²) < 4.78 is 0. The maximum atomic E-state index is 12.3.